The zero-order valence-corrected chi connectivity index (χ0v) is 20.4. The molecule has 7 nitrogen and oxygen atoms in total. The number of nitrogens with zero attached hydrogens (tertiary/aromatic N) is 4. The van der Waals surface area contributed by atoms with E-state index < -0.39 is 17.2 Å². The third-order valence-corrected chi connectivity index (χ3v) is 6.86. The smallest absolute Gasteiger partial charge is 0.337 e. The SMILES string of the molecule is Cc1cccc(Cn2c(=O)c(C(=O)N(C)C3CCCCC3)nn(-c3ccc(C)c(C)c3)c2=O)c1. The molecule has 0 N–H and O–H groups in total. The van der Waals surface area contributed by atoms with Gasteiger partial charge in [0.2, 0.25) is 5.69 Å². The third-order valence-electron chi connectivity index (χ3n) is 6.86. The molecule has 3 aromatic rings. The zero-order valence-electron chi connectivity index (χ0n) is 20.4. The standard InChI is InChI=1S/C27H32N4O3/c1-18-9-8-10-21(15-18)17-30-26(33)24(25(32)29(4)22-11-6-5-7-12-22)28-31(27(30)34)23-14-13-19(2)20(3)16-23/h8-10,13-16,22H,5-7,11-12,17H2,1-4H3. The lowest BCUT2D eigenvalue weighted by Crippen LogP contribution is -2.48. The van der Waals surface area contributed by atoms with Gasteiger partial charge in [0.25, 0.3) is 11.5 Å². The van der Waals surface area contributed by atoms with E-state index in [-0.39, 0.29) is 18.3 Å². The van der Waals surface area contributed by atoms with Crippen molar-refractivity contribution < 1.29 is 4.79 Å². The van der Waals surface area contributed by atoms with Crippen molar-refractivity contribution in [2.45, 2.75) is 65.5 Å². The van der Waals surface area contributed by atoms with Crippen LogP contribution in [0.15, 0.2) is 52.1 Å². The highest BCUT2D eigenvalue weighted by Gasteiger charge is 2.28. The minimum Gasteiger partial charge on any atom is -0.337 e. The van der Waals surface area contributed by atoms with Gasteiger partial charge in [0.15, 0.2) is 0 Å². The Labute approximate surface area is 199 Å². The lowest BCUT2D eigenvalue weighted by Gasteiger charge is -2.30. The van der Waals surface area contributed by atoms with Crippen molar-refractivity contribution in [1.82, 2.24) is 19.2 Å². The molecule has 34 heavy (non-hydrogen) atoms. The van der Waals surface area contributed by atoms with Crippen LogP contribution < -0.4 is 11.2 Å². The fourth-order valence-electron chi connectivity index (χ4n) is 4.61. The summed E-state index contributed by atoms with van der Waals surface area (Å²) in [4.78, 5) is 42.0. The number of carbonyl (C=O) groups is 1. The first-order valence-electron chi connectivity index (χ1n) is 11.9. The second-order valence-corrected chi connectivity index (χ2v) is 9.40. The predicted molar refractivity (Wildman–Crippen MR) is 133 cm³/mol. The number of hydrogen-bond acceptors (Lipinski definition) is 4. The van der Waals surface area contributed by atoms with Gasteiger partial charge in [-0.1, -0.05) is 55.2 Å². The molecule has 0 unspecified atom stereocenters. The van der Waals surface area contributed by atoms with Gasteiger partial charge in [-0.05, 0) is 62.4 Å². The second-order valence-electron chi connectivity index (χ2n) is 9.40. The second kappa shape index (κ2) is 9.79. The molecule has 0 bridgehead atoms. The summed E-state index contributed by atoms with van der Waals surface area (Å²) in [7, 11) is 1.73. The summed E-state index contributed by atoms with van der Waals surface area (Å²) in [6.45, 7) is 5.97. The van der Waals surface area contributed by atoms with Crippen LogP contribution in [0.1, 0.15) is 64.8 Å². The monoisotopic (exact) mass is 460 g/mol. The molecule has 1 aliphatic carbocycles. The van der Waals surface area contributed by atoms with Crippen molar-refractivity contribution in [2.75, 3.05) is 7.05 Å². The molecular formula is C27H32N4O3. The fraction of sp³-hybridized carbons (Fsp3) is 0.407. The maximum atomic E-state index is 13.5. The van der Waals surface area contributed by atoms with Crippen molar-refractivity contribution >= 4 is 5.91 Å². The molecule has 4 rings (SSSR count). The number of aryl methyl sites for hydroxylation is 3. The Bertz CT molecular complexity index is 1330. The molecule has 2 aromatic carbocycles. The van der Waals surface area contributed by atoms with E-state index in [1.165, 1.54) is 4.68 Å². The van der Waals surface area contributed by atoms with Gasteiger partial charge in [-0.3, -0.25) is 14.2 Å². The lowest BCUT2D eigenvalue weighted by molar-refractivity contribution is 0.0684. The summed E-state index contributed by atoms with van der Waals surface area (Å²) in [5, 5.41) is 4.33. The average Bonchev–Trinajstić information content (AvgIpc) is 2.83. The summed E-state index contributed by atoms with van der Waals surface area (Å²) in [6, 6.07) is 13.3. The Kier molecular flexibility index (Phi) is 6.82. The van der Waals surface area contributed by atoms with Crippen LogP contribution >= 0.6 is 0 Å². The molecule has 1 fully saturated rings. The van der Waals surface area contributed by atoms with Gasteiger partial charge in [-0.15, -0.1) is 0 Å². The van der Waals surface area contributed by atoms with Gasteiger partial charge in [0.1, 0.15) is 0 Å². The van der Waals surface area contributed by atoms with E-state index in [0.29, 0.717) is 5.69 Å². The van der Waals surface area contributed by atoms with Gasteiger partial charge < -0.3 is 4.90 Å². The molecule has 1 aliphatic rings. The number of aromatic nitrogens is 3. The Balaban J connectivity index is 1.86. The molecule has 0 atom stereocenters. The zero-order chi connectivity index (χ0) is 24.4. The molecule has 0 aliphatic heterocycles. The van der Waals surface area contributed by atoms with Crippen LogP contribution in [0.3, 0.4) is 0 Å². The first kappa shape index (κ1) is 23.7. The largest absolute Gasteiger partial charge is 0.352 e. The van der Waals surface area contributed by atoms with E-state index in [4.69, 9.17) is 0 Å². The van der Waals surface area contributed by atoms with Crippen LogP contribution in [-0.4, -0.2) is 38.2 Å². The molecule has 0 saturated heterocycles. The Hall–Kier alpha value is -3.48. The Morgan fingerprint density at radius 3 is 2.41 bits per heavy atom. The first-order chi connectivity index (χ1) is 16.3. The minimum absolute atomic E-state index is 0.0696. The number of carbonyl (C=O) groups excluding carboxylic acids is 1. The van der Waals surface area contributed by atoms with Crippen LogP contribution in [-0.2, 0) is 6.54 Å². The molecule has 178 valence electrons. The summed E-state index contributed by atoms with van der Waals surface area (Å²) in [6.07, 6.45) is 5.12. The number of benzene rings is 2. The highest BCUT2D eigenvalue weighted by molar-refractivity contribution is 5.91. The summed E-state index contributed by atoms with van der Waals surface area (Å²) >= 11 is 0. The maximum absolute atomic E-state index is 13.5. The topological polar surface area (TPSA) is 77.2 Å². The molecule has 7 heteroatoms. The molecule has 0 radical (unpaired) electrons. The predicted octanol–water partition coefficient (Wildman–Crippen LogP) is 3.77. The third kappa shape index (κ3) is 4.74. The van der Waals surface area contributed by atoms with Crippen molar-refractivity contribution in [3.8, 4) is 5.69 Å². The summed E-state index contributed by atoms with van der Waals surface area (Å²) in [5.74, 6) is -0.438. The van der Waals surface area contributed by atoms with Crippen molar-refractivity contribution in [2.24, 2.45) is 0 Å². The lowest BCUT2D eigenvalue weighted by atomic mass is 9.94. The number of rotatable bonds is 5. The molecule has 1 amide bonds. The van der Waals surface area contributed by atoms with E-state index in [9.17, 15) is 14.4 Å². The molecule has 0 spiro atoms. The van der Waals surface area contributed by atoms with E-state index in [0.717, 1.165) is 58.9 Å². The van der Waals surface area contributed by atoms with E-state index in [1.807, 2.05) is 57.2 Å². The minimum atomic E-state index is -0.653. The maximum Gasteiger partial charge on any atom is 0.352 e. The van der Waals surface area contributed by atoms with Crippen LogP contribution in [0, 0.1) is 20.8 Å². The Morgan fingerprint density at radius 2 is 1.74 bits per heavy atom. The number of amides is 1. The van der Waals surface area contributed by atoms with Crippen LogP contribution in [0.4, 0.5) is 0 Å². The average molecular weight is 461 g/mol. The van der Waals surface area contributed by atoms with Gasteiger partial charge in [0, 0.05) is 13.1 Å². The van der Waals surface area contributed by atoms with Crippen molar-refractivity contribution in [3.63, 3.8) is 0 Å². The highest BCUT2D eigenvalue weighted by Crippen LogP contribution is 2.22. The van der Waals surface area contributed by atoms with E-state index in [1.54, 1.807) is 18.0 Å². The molecule has 1 heterocycles. The molecule has 1 aromatic heterocycles. The first-order valence-corrected chi connectivity index (χ1v) is 11.9. The molecule has 1 saturated carbocycles. The van der Waals surface area contributed by atoms with Crippen molar-refractivity contribution in [1.29, 1.82) is 0 Å². The van der Waals surface area contributed by atoms with E-state index in [2.05, 4.69) is 5.10 Å². The molecular weight excluding hydrogens is 428 g/mol. The quantitative estimate of drug-likeness (QED) is 0.581. The van der Waals surface area contributed by atoms with Gasteiger partial charge in [-0.25, -0.2) is 4.79 Å². The van der Waals surface area contributed by atoms with Gasteiger partial charge in [0.05, 0.1) is 12.2 Å². The van der Waals surface area contributed by atoms with Gasteiger partial charge in [-0.2, -0.15) is 9.78 Å². The van der Waals surface area contributed by atoms with Crippen LogP contribution in [0.5, 0.6) is 0 Å². The number of hydrogen-bond donors (Lipinski definition) is 0. The summed E-state index contributed by atoms with van der Waals surface area (Å²) < 4.78 is 2.31. The normalized spacial score (nSPS) is 14.2. The van der Waals surface area contributed by atoms with E-state index >= 15 is 0 Å². The summed E-state index contributed by atoms with van der Waals surface area (Å²) in [5.41, 5.74) is 3.01. The van der Waals surface area contributed by atoms with Crippen LogP contribution in [0.25, 0.3) is 5.69 Å². The van der Waals surface area contributed by atoms with Gasteiger partial charge >= 0.3 is 5.69 Å². The van der Waals surface area contributed by atoms with Crippen LogP contribution in [0.2, 0.25) is 0 Å². The highest BCUT2D eigenvalue weighted by atomic mass is 16.2. The fourth-order valence-corrected chi connectivity index (χ4v) is 4.61. The van der Waals surface area contributed by atoms with Crippen molar-refractivity contribution in [3.05, 3.63) is 91.3 Å². The Morgan fingerprint density at radius 1 is 1.00 bits per heavy atom.